The molecule has 0 saturated carbocycles. The monoisotopic (exact) mass is 342 g/mol. The Hall–Kier alpha value is -2.71. The highest BCUT2D eigenvalue weighted by atomic mass is 32.1. The molecular formula is C23H18OS. The van der Waals surface area contributed by atoms with E-state index in [9.17, 15) is 4.21 Å². The zero-order valence-corrected chi connectivity index (χ0v) is 14.8. The first-order valence-corrected chi connectivity index (χ1v) is 9.09. The third-order valence-corrected chi connectivity index (χ3v) is 5.61. The fraction of sp³-hybridized carbons (Fsp3) is 0.0870. The van der Waals surface area contributed by atoms with Crippen LogP contribution in [0.15, 0.2) is 91.0 Å². The second kappa shape index (κ2) is 6.30. The molecule has 0 N–H and O–H groups in total. The first-order chi connectivity index (χ1) is 12.2. The van der Waals surface area contributed by atoms with Crippen LogP contribution in [0.3, 0.4) is 0 Å². The average molecular weight is 342 g/mol. The third-order valence-electron chi connectivity index (χ3n) is 5.09. The van der Waals surface area contributed by atoms with Crippen molar-refractivity contribution in [1.82, 2.24) is 0 Å². The first kappa shape index (κ1) is 15.8. The van der Waals surface area contributed by atoms with Crippen LogP contribution in [0.4, 0.5) is 0 Å². The van der Waals surface area contributed by atoms with Crippen molar-refractivity contribution in [3.05, 3.63) is 113 Å². The lowest BCUT2D eigenvalue weighted by atomic mass is 9.69. The lowest BCUT2D eigenvalue weighted by Crippen LogP contribution is -2.25. The van der Waals surface area contributed by atoms with Crippen LogP contribution in [0.5, 0.6) is 0 Å². The maximum absolute atomic E-state index is 11.7. The van der Waals surface area contributed by atoms with Gasteiger partial charge in [0.25, 0.3) is 0 Å². The van der Waals surface area contributed by atoms with E-state index in [1.165, 1.54) is 16.7 Å². The van der Waals surface area contributed by atoms with E-state index in [1.54, 1.807) is 0 Å². The summed E-state index contributed by atoms with van der Waals surface area (Å²) < 4.78 is 11.7. The molecule has 3 aromatic carbocycles. The summed E-state index contributed by atoms with van der Waals surface area (Å²) >= 11 is 0.576. The second-order valence-electron chi connectivity index (χ2n) is 6.41. The molecule has 0 amide bonds. The standard InChI is InChI=1S/C23H18OS/c1-23(17-10-4-2-5-11-17,18-12-6-3-7-13-18)21-16-22(25-24)20-15-9-8-14-19(20)21/h2-16H,1H3. The molecule has 0 bridgehead atoms. The van der Waals surface area contributed by atoms with Crippen LogP contribution in [0.25, 0.3) is 5.57 Å². The van der Waals surface area contributed by atoms with Gasteiger partial charge < -0.3 is 0 Å². The van der Waals surface area contributed by atoms with Gasteiger partial charge in [-0.05, 0) is 35.3 Å². The molecule has 0 radical (unpaired) electrons. The maximum Gasteiger partial charge on any atom is 0.0971 e. The molecule has 0 fully saturated rings. The van der Waals surface area contributed by atoms with Gasteiger partial charge in [-0.15, -0.1) is 0 Å². The molecule has 1 aliphatic carbocycles. The normalized spacial score (nSPS) is 13.3. The number of rotatable bonds is 3. The number of hydrogen-bond acceptors (Lipinski definition) is 1. The largest absolute Gasteiger partial charge is 0.212 e. The Morgan fingerprint density at radius 3 is 1.68 bits per heavy atom. The van der Waals surface area contributed by atoms with Crippen LogP contribution >= 0.6 is 0 Å². The lowest BCUT2D eigenvalue weighted by molar-refractivity contribution is 0.701. The molecule has 0 saturated heterocycles. The van der Waals surface area contributed by atoms with E-state index in [-0.39, 0.29) is 5.41 Å². The van der Waals surface area contributed by atoms with Crippen molar-refractivity contribution in [2.24, 2.45) is 0 Å². The van der Waals surface area contributed by atoms with Crippen molar-refractivity contribution < 1.29 is 4.21 Å². The molecule has 0 aromatic heterocycles. The van der Waals surface area contributed by atoms with Gasteiger partial charge in [-0.3, -0.25) is 0 Å². The first-order valence-electron chi connectivity index (χ1n) is 8.35. The quantitative estimate of drug-likeness (QED) is 0.624. The van der Waals surface area contributed by atoms with E-state index < -0.39 is 0 Å². The van der Waals surface area contributed by atoms with Gasteiger partial charge in [0.05, 0.1) is 16.1 Å². The predicted octanol–water partition coefficient (Wildman–Crippen LogP) is 4.82. The van der Waals surface area contributed by atoms with Crippen LogP contribution in [0.2, 0.25) is 0 Å². The van der Waals surface area contributed by atoms with Gasteiger partial charge in [-0.2, -0.15) is 0 Å². The van der Waals surface area contributed by atoms with E-state index in [1.807, 2.05) is 30.3 Å². The minimum Gasteiger partial charge on any atom is -0.212 e. The zero-order chi connectivity index (χ0) is 17.3. The molecule has 0 spiro atoms. The van der Waals surface area contributed by atoms with Gasteiger partial charge in [-0.25, -0.2) is 4.21 Å². The van der Waals surface area contributed by atoms with Gasteiger partial charge in [0.15, 0.2) is 0 Å². The Labute approximate surface area is 151 Å². The fourth-order valence-electron chi connectivity index (χ4n) is 3.72. The van der Waals surface area contributed by atoms with Crippen LogP contribution in [0.1, 0.15) is 29.2 Å². The molecule has 0 unspecified atom stereocenters. The molecular weight excluding hydrogens is 324 g/mol. The number of benzene rings is 3. The third kappa shape index (κ3) is 2.50. The average Bonchev–Trinajstić information content (AvgIpc) is 3.08. The molecule has 0 heterocycles. The van der Waals surface area contributed by atoms with E-state index in [2.05, 4.69) is 67.6 Å². The highest BCUT2D eigenvalue weighted by molar-refractivity contribution is 7.67. The summed E-state index contributed by atoms with van der Waals surface area (Å²) in [4.78, 5) is 0.795. The number of fused-ring (bicyclic) bond motifs is 1. The Bertz CT molecular complexity index is 957. The predicted molar refractivity (Wildman–Crippen MR) is 106 cm³/mol. The van der Waals surface area contributed by atoms with Crippen molar-refractivity contribution in [1.29, 1.82) is 0 Å². The second-order valence-corrected chi connectivity index (χ2v) is 7.01. The molecule has 3 aromatic rings. The minimum absolute atomic E-state index is 0.323. The summed E-state index contributed by atoms with van der Waals surface area (Å²) in [6.07, 6.45) is 2.07. The van der Waals surface area contributed by atoms with Gasteiger partial charge >= 0.3 is 0 Å². The topological polar surface area (TPSA) is 17.1 Å². The molecule has 0 aliphatic heterocycles. The zero-order valence-electron chi connectivity index (χ0n) is 14.0. The maximum atomic E-state index is 11.7. The Balaban J connectivity index is 2.03. The highest BCUT2D eigenvalue weighted by Crippen LogP contribution is 2.47. The summed E-state index contributed by atoms with van der Waals surface area (Å²) in [6, 6.07) is 29.2. The van der Waals surface area contributed by atoms with Gasteiger partial charge in [-0.1, -0.05) is 84.9 Å². The van der Waals surface area contributed by atoms with Gasteiger partial charge in [0.1, 0.15) is 0 Å². The molecule has 1 aliphatic rings. The van der Waals surface area contributed by atoms with Crippen molar-refractivity contribution in [2.45, 2.75) is 12.3 Å². The van der Waals surface area contributed by atoms with Crippen molar-refractivity contribution in [3.8, 4) is 0 Å². The van der Waals surface area contributed by atoms with E-state index in [0.717, 1.165) is 16.0 Å². The molecule has 4 rings (SSSR count). The van der Waals surface area contributed by atoms with E-state index in [4.69, 9.17) is 0 Å². The van der Waals surface area contributed by atoms with E-state index >= 15 is 0 Å². The smallest absolute Gasteiger partial charge is 0.0971 e. The van der Waals surface area contributed by atoms with Gasteiger partial charge in [0, 0.05) is 11.0 Å². The van der Waals surface area contributed by atoms with Crippen molar-refractivity contribution in [2.75, 3.05) is 0 Å². The number of allylic oxidation sites excluding steroid dienone is 2. The summed E-state index contributed by atoms with van der Waals surface area (Å²) in [5, 5.41) is 0. The molecule has 1 nitrogen and oxygen atoms in total. The van der Waals surface area contributed by atoms with Gasteiger partial charge in [0.2, 0.25) is 0 Å². The fourth-order valence-corrected chi connectivity index (χ4v) is 4.16. The van der Waals surface area contributed by atoms with Crippen LogP contribution in [0, 0.1) is 0 Å². The Morgan fingerprint density at radius 1 is 0.680 bits per heavy atom. The molecule has 122 valence electrons. The molecule has 25 heavy (non-hydrogen) atoms. The minimum atomic E-state index is -0.323. The lowest BCUT2D eigenvalue weighted by Gasteiger charge is -2.33. The summed E-state index contributed by atoms with van der Waals surface area (Å²) in [7, 11) is 0. The van der Waals surface area contributed by atoms with Crippen molar-refractivity contribution in [3.63, 3.8) is 0 Å². The van der Waals surface area contributed by atoms with E-state index in [0.29, 0.717) is 11.3 Å². The highest BCUT2D eigenvalue weighted by Gasteiger charge is 2.37. The molecule has 0 atom stereocenters. The number of hydrogen-bond donors (Lipinski definition) is 0. The van der Waals surface area contributed by atoms with Crippen LogP contribution in [-0.2, 0) is 16.7 Å². The summed E-state index contributed by atoms with van der Waals surface area (Å²) in [6.45, 7) is 2.25. The van der Waals surface area contributed by atoms with Crippen LogP contribution in [-0.4, -0.2) is 9.07 Å². The SMILES string of the molecule is CC(C1=CC(=S=O)c2ccccc21)(c1ccccc1)c1ccccc1. The summed E-state index contributed by atoms with van der Waals surface area (Å²) in [5.74, 6) is 0. The Morgan fingerprint density at radius 2 is 1.16 bits per heavy atom. The Kier molecular flexibility index (Phi) is 3.98. The van der Waals surface area contributed by atoms with Crippen LogP contribution < -0.4 is 0 Å². The van der Waals surface area contributed by atoms with Crippen molar-refractivity contribution >= 4 is 21.7 Å². The summed E-state index contributed by atoms with van der Waals surface area (Å²) in [5.41, 5.74) is 5.49. The molecule has 2 heteroatoms.